The highest BCUT2D eigenvalue weighted by atomic mass is 16.7. The van der Waals surface area contributed by atoms with Crippen molar-refractivity contribution in [2.45, 2.75) is 24.4 Å². The van der Waals surface area contributed by atoms with Crippen molar-refractivity contribution in [3.05, 3.63) is 12.2 Å². The van der Waals surface area contributed by atoms with Gasteiger partial charge < -0.3 is 19.3 Å². The third-order valence-electron chi connectivity index (χ3n) is 3.24. The summed E-state index contributed by atoms with van der Waals surface area (Å²) >= 11 is 0. The average molecular weight is 214 g/mol. The SMILES string of the molecule is COC1(OC)[C@@H]2C=C[C@@](C)(O2)[C@H]1C(=O)O. The zero-order chi connectivity index (χ0) is 11.3. The summed E-state index contributed by atoms with van der Waals surface area (Å²) in [5.41, 5.74) is -0.845. The van der Waals surface area contributed by atoms with Crippen molar-refractivity contribution >= 4 is 5.97 Å². The standard InChI is InChI=1S/C10H14O5/c1-9-5-4-6(15-9)10(13-2,14-3)7(9)8(11)12/h4-7H,1-3H3,(H,11,12)/t6-,7+,9+/m0/s1. The fraction of sp³-hybridized carbons (Fsp3) is 0.700. The maximum atomic E-state index is 11.3. The molecule has 0 radical (unpaired) electrons. The Labute approximate surface area is 87.6 Å². The van der Waals surface area contributed by atoms with Crippen LogP contribution in [0.25, 0.3) is 0 Å². The Morgan fingerprint density at radius 2 is 2.07 bits per heavy atom. The zero-order valence-electron chi connectivity index (χ0n) is 8.89. The molecule has 5 nitrogen and oxygen atoms in total. The number of fused-ring (bicyclic) bond motifs is 2. The lowest BCUT2D eigenvalue weighted by atomic mass is 9.79. The van der Waals surface area contributed by atoms with Gasteiger partial charge in [-0.3, -0.25) is 4.79 Å². The second kappa shape index (κ2) is 3.04. The molecule has 1 saturated heterocycles. The highest BCUT2D eigenvalue weighted by Gasteiger charge is 2.68. The van der Waals surface area contributed by atoms with Crippen LogP contribution in [0.5, 0.6) is 0 Å². The van der Waals surface area contributed by atoms with Crippen LogP contribution in [0.1, 0.15) is 6.92 Å². The van der Waals surface area contributed by atoms with Crippen molar-refractivity contribution in [3.8, 4) is 0 Å². The lowest BCUT2D eigenvalue weighted by molar-refractivity contribution is -0.243. The zero-order valence-corrected chi connectivity index (χ0v) is 8.89. The molecule has 15 heavy (non-hydrogen) atoms. The van der Waals surface area contributed by atoms with Gasteiger partial charge in [0.15, 0.2) is 0 Å². The Morgan fingerprint density at radius 3 is 2.47 bits per heavy atom. The third kappa shape index (κ3) is 1.11. The number of carbonyl (C=O) groups is 1. The normalized spacial score (nSPS) is 41.0. The molecule has 3 atom stereocenters. The van der Waals surface area contributed by atoms with Crippen LogP contribution in [-0.2, 0) is 19.0 Å². The molecule has 2 bridgehead atoms. The van der Waals surface area contributed by atoms with Crippen LogP contribution in [0.2, 0.25) is 0 Å². The Kier molecular flexibility index (Phi) is 2.15. The molecule has 1 fully saturated rings. The van der Waals surface area contributed by atoms with Gasteiger partial charge in [-0.25, -0.2) is 0 Å². The summed E-state index contributed by atoms with van der Waals surface area (Å²) in [7, 11) is 2.86. The minimum absolute atomic E-state index is 0.460. The van der Waals surface area contributed by atoms with Crippen molar-refractivity contribution in [2.24, 2.45) is 5.92 Å². The van der Waals surface area contributed by atoms with E-state index in [4.69, 9.17) is 14.2 Å². The fourth-order valence-electron chi connectivity index (χ4n) is 2.54. The van der Waals surface area contributed by atoms with Gasteiger partial charge in [0.1, 0.15) is 17.6 Å². The van der Waals surface area contributed by atoms with Gasteiger partial charge in [-0.2, -0.15) is 0 Å². The predicted octanol–water partition coefficient (Wildman–Crippen LogP) is 0.404. The molecule has 5 heteroatoms. The minimum Gasteiger partial charge on any atom is -0.481 e. The summed E-state index contributed by atoms with van der Waals surface area (Å²) in [6, 6.07) is 0. The van der Waals surface area contributed by atoms with Crippen molar-refractivity contribution in [2.75, 3.05) is 14.2 Å². The number of ether oxygens (including phenoxy) is 3. The van der Waals surface area contributed by atoms with Crippen LogP contribution in [0.15, 0.2) is 12.2 Å². The number of methoxy groups -OCH3 is 2. The van der Waals surface area contributed by atoms with E-state index in [1.807, 2.05) is 0 Å². The van der Waals surface area contributed by atoms with E-state index in [1.165, 1.54) is 14.2 Å². The van der Waals surface area contributed by atoms with Gasteiger partial charge in [-0.1, -0.05) is 12.2 Å². The summed E-state index contributed by atoms with van der Waals surface area (Å²) in [6.45, 7) is 1.72. The molecule has 2 aliphatic rings. The molecule has 0 saturated carbocycles. The molecule has 1 N–H and O–H groups in total. The quantitative estimate of drug-likeness (QED) is 0.544. The van der Waals surface area contributed by atoms with Gasteiger partial charge in [-0.15, -0.1) is 0 Å². The Bertz CT molecular complexity index is 320. The maximum absolute atomic E-state index is 11.3. The van der Waals surface area contributed by atoms with E-state index in [2.05, 4.69) is 0 Å². The van der Waals surface area contributed by atoms with Crippen LogP contribution in [0.3, 0.4) is 0 Å². The number of rotatable bonds is 3. The van der Waals surface area contributed by atoms with Crippen LogP contribution < -0.4 is 0 Å². The van der Waals surface area contributed by atoms with Gasteiger partial charge in [0.25, 0.3) is 0 Å². The van der Waals surface area contributed by atoms with E-state index >= 15 is 0 Å². The van der Waals surface area contributed by atoms with E-state index in [-0.39, 0.29) is 0 Å². The monoisotopic (exact) mass is 214 g/mol. The maximum Gasteiger partial charge on any atom is 0.315 e. The van der Waals surface area contributed by atoms with Crippen molar-refractivity contribution in [3.63, 3.8) is 0 Å². The first-order chi connectivity index (χ1) is 7.00. The molecule has 84 valence electrons. The molecule has 0 aromatic carbocycles. The van der Waals surface area contributed by atoms with Crippen molar-refractivity contribution < 1.29 is 24.1 Å². The molecular formula is C10H14O5. The molecule has 0 aliphatic carbocycles. The number of carboxylic acid groups (broad SMARTS) is 1. The highest BCUT2D eigenvalue weighted by molar-refractivity contribution is 5.75. The average Bonchev–Trinajstić information content (AvgIpc) is 2.68. The van der Waals surface area contributed by atoms with Gasteiger partial charge in [0, 0.05) is 14.2 Å². The van der Waals surface area contributed by atoms with Crippen LogP contribution in [0, 0.1) is 5.92 Å². The second-order valence-electron chi connectivity index (χ2n) is 3.98. The minimum atomic E-state index is -1.21. The molecule has 2 aliphatic heterocycles. The van der Waals surface area contributed by atoms with Crippen molar-refractivity contribution in [1.29, 1.82) is 0 Å². The summed E-state index contributed by atoms with van der Waals surface area (Å²) in [6.07, 6.45) is 3.08. The number of carboxylic acids is 1. The lowest BCUT2D eigenvalue weighted by Gasteiger charge is -2.36. The molecular weight excluding hydrogens is 200 g/mol. The van der Waals surface area contributed by atoms with Crippen LogP contribution in [0.4, 0.5) is 0 Å². The van der Waals surface area contributed by atoms with E-state index in [0.717, 1.165) is 0 Å². The molecule has 2 heterocycles. The number of hydrogen-bond acceptors (Lipinski definition) is 4. The predicted molar refractivity (Wildman–Crippen MR) is 50.3 cm³/mol. The molecule has 0 unspecified atom stereocenters. The largest absolute Gasteiger partial charge is 0.481 e. The first-order valence-corrected chi connectivity index (χ1v) is 4.70. The van der Waals surface area contributed by atoms with E-state index in [9.17, 15) is 9.90 Å². The smallest absolute Gasteiger partial charge is 0.315 e. The first-order valence-electron chi connectivity index (χ1n) is 4.70. The Hall–Kier alpha value is -0.910. The number of hydrogen-bond donors (Lipinski definition) is 1. The Balaban J connectivity index is 2.48. The fourth-order valence-corrected chi connectivity index (χ4v) is 2.54. The lowest BCUT2D eigenvalue weighted by Crippen LogP contribution is -2.54. The third-order valence-corrected chi connectivity index (χ3v) is 3.24. The van der Waals surface area contributed by atoms with E-state index < -0.39 is 29.4 Å². The summed E-state index contributed by atoms with van der Waals surface area (Å²) in [4.78, 5) is 11.3. The molecule has 0 amide bonds. The molecule has 0 aromatic heterocycles. The number of aliphatic carboxylic acids is 1. The van der Waals surface area contributed by atoms with Gasteiger partial charge in [0.2, 0.25) is 5.79 Å². The second-order valence-corrected chi connectivity index (χ2v) is 3.98. The topological polar surface area (TPSA) is 65.0 Å². The van der Waals surface area contributed by atoms with Crippen molar-refractivity contribution in [1.82, 2.24) is 0 Å². The van der Waals surface area contributed by atoms with Gasteiger partial charge >= 0.3 is 5.97 Å². The summed E-state index contributed by atoms with van der Waals surface area (Å²) in [5, 5.41) is 9.22. The molecule has 0 aromatic rings. The van der Waals surface area contributed by atoms with Gasteiger partial charge in [0.05, 0.1) is 0 Å². The van der Waals surface area contributed by atoms with E-state index in [1.54, 1.807) is 19.1 Å². The molecule has 0 spiro atoms. The highest BCUT2D eigenvalue weighted by Crippen LogP contribution is 2.51. The molecule has 2 rings (SSSR count). The van der Waals surface area contributed by atoms with Crippen LogP contribution >= 0.6 is 0 Å². The first kappa shape index (κ1) is 10.6. The summed E-state index contributed by atoms with van der Waals surface area (Å²) < 4.78 is 16.1. The Morgan fingerprint density at radius 1 is 1.47 bits per heavy atom. The summed E-state index contributed by atoms with van der Waals surface area (Å²) in [5.74, 6) is -3.04. The van der Waals surface area contributed by atoms with Gasteiger partial charge in [-0.05, 0) is 6.92 Å². The van der Waals surface area contributed by atoms with Crippen LogP contribution in [-0.4, -0.2) is 42.8 Å². The van der Waals surface area contributed by atoms with E-state index in [0.29, 0.717) is 0 Å².